The van der Waals surface area contributed by atoms with Crippen molar-refractivity contribution in [1.29, 1.82) is 0 Å². The van der Waals surface area contributed by atoms with Crippen molar-refractivity contribution in [3.8, 4) is 0 Å². The molecule has 0 unspecified atom stereocenters. The normalized spacial score (nSPS) is 25.1. The molecule has 1 aliphatic rings. The van der Waals surface area contributed by atoms with Gasteiger partial charge in [-0.15, -0.1) is 0 Å². The molecule has 1 N–H and O–H groups in total. The fourth-order valence-electron chi connectivity index (χ4n) is 3.53. The highest BCUT2D eigenvalue weighted by atomic mass is 28.4. The molecule has 202 valence electrons. The van der Waals surface area contributed by atoms with E-state index < -0.39 is 50.6 Å². The Balaban J connectivity index is 2.37. The van der Waals surface area contributed by atoms with E-state index in [0.717, 1.165) is 5.56 Å². The average molecular weight is 523 g/mol. The predicted octanol–water partition coefficient (Wildman–Crippen LogP) is 5.54. The lowest BCUT2D eigenvalue weighted by molar-refractivity contribution is -0.240. The molecule has 1 aromatic carbocycles. The largest absolute Gasteiger partial charge is 0.444 e. The molecule has 0 aliphatic carbocycles. The van der Waals surface area contributed by atoms with E-state index in [1.54, 1.807) is 20.8 Å². The summed E-state index contributed by atoms with van der Waals surface area (Å²) >= 11 is 0. The Hall–Kier alpha value is -2.14. The molecule has 1 amide bonds. The molecule has 1 fully saturated rings. The van der Waals surface area contributed by atoms with Crippen LogP contribution in [0.5, 0.6) is 0 Å². The molecule has 1 aliphatic heterocycles. The summed E-state index contributed by atoms with van der Waals surface area (Å²) in [5.41, 5.74) is 9.64. The molecular weight excluding hydrogens is 480 g/mol. The van der Waals surface area contributed by atoms with Gasteiger partial charge in [0.25, 0.3) is 0 Å². The van der Waals surface area contributed by atoms with Crippen LogP contribution in [-0.4, -0.2) is 64.3 Å². The SMILES string of the molecule is CO[C@H]1O[C@H](CO[Si](C)(C)C(C)(C)C)[C@@H](N=[N+]=[N-])[C@H](OCc2ccccc2)[C@H]1NC(=O)OC(C)(C)C. The number of azide groups is 1. The van der Waals surface area contributed by atoms with Crippen LogP contribution in [0.3, 0.4) is 0 Å². The van der Waals surface area contributed by atoms with Gasteiger partial charge < -0.3 is 28.7 Å². The van der Waals surface area contributed by atoms with Gasteiger partial charge in [0.05, 0.1) is 31.5 Å². The molecular formula is C25H42N4O6Si. The number of ether oxygens (including phenoxy) is 4. The first-order valence-electron chi connectivity index (χ1n) is 12.2. The van der Waals surface area contributed by atoms with Crippen LogP contribution in [0, 0.1) is 0 Å². The maximum Gasteiger partial charge on any atom is 0.408 e. The second-order valence-electron chi connectivity index (χ2n) is 11.5. The quantitative estimate of drug-likeness (QED) is 0.197. The molecule has 0 aromatic heterocycles. The lowest BCUT2D eigenvalue weighted by Crippen LogP contribution is -2.65. The smallest absolute Gasteiger partial charge is 0.408 e. The molecule has 5 atom stereocenters. The summed E-state index contributed by atoms with van der Waals surface area (Å²) in [6, 6.07) is 8.04. The van der Waals surface area contributed by atoms with Crippen molar-refractivity contribution in [2.45, 2.75) is 102 Å². The van der Waals surface area contributed by atoms with Crippen molar-refractivity contribution < 1.29 is 28.2 Å². The summed E-state index contributed by atoms with van der Waals surface area (Å²) in [5, 5.41) is 6.84. The molecule has 0 spiro atoms. The number of methoxy groups -OCH3 is 1. The molecule has 0 saturated carbocycles. The summed E-state index contributed by atoms with van der Waals surface area (Å²) < 4.78 is 30.0. The Bertz CT molecular complexity index is 896. The highest BCUT2D eigenvalue weighted by Crippen LogP contribution is 2.37. The van der Waals surface area contributed by atoms with E-state index in [-0.39, 0.29) is 18.3 Å². The second kappa shape index (κ2) is 12.4. The molecule has 10 nitrogen and oxygen atoms in total. The van der Waals surface area contributed by atoms with Crippen molar-refractivity contribution in [2.75, 3.05) is 13.7 Å². The van der Waals surface area contributed by atoms with Crippen molar-refractivity contribution >= 4 is 14.4 Å². The van der Waals surface area contributed by atoms with Gasteiger partial charge >= 0.3 is 6.09 Å². The van der Waals surface area contributed by atoms with Crippen LogP contribution in [0.15, 0.2) is 35.4 Å². The molecule has 36 heavy (non-hydrogen) atoms. The van der Waals surface area contributed by atoms with Gasteiger partial charge in [-0.1, -0.05) is 56.2 Å². The first kappa shape index (κ1) is 30.1. The van der Waals surface area contributed by atoms with Crippen LogP contribution < -0.4 is 5.32 Å². The number of rotatable bonds is 9. The minimum Gasteiger partial charge on any atom is -0.444 e. The molecule has 1 aromatic rings. The number of benzene rings is 1. The molecule has 1 saturated heterocycles. The van der Waals surface area contributed by atoms with Gasteiger partial charge in [-0.2, -0.15) is 0 Å². The second-order valence-corrected chi connectivity index (χ2v) is 16.3. The first-order valence-corrected chi connectivity index (χ1v) is 15.1. The fourth-order valence-corrected chi connectivity index (χ4v) is 4.54. The third-order valence-corrected chi connectivity index (χ3v) is 11.0. The monoisotopic (exact) mass is 522 g/mol. The van der Waals surface area contributed by atoms with Crippen LogP contribution in [0.4, 0.5) is 4.79 Å². The minimum atomic E-state index is -2.12. The highest BCUT2D eigenvalue weighted by Gasteiger charge is 2.49. The zero-order valence-electron chi connectivity index (χ0n) is 23.0. The Morgan fingerprint density at radius 1 is 1.17 bits per heavy atom. The summed E-state index contributed by atoms with van der Waals surface area (Å²) in [7, 11) is -0.634. The van der Waals surface area contributed by atoms with Gasteiger partial charge in [0.15, 0.2) is 14.6 Å². The van der Waals surface area contributed by atoms with Gasteiger partial charge in [0, 0.05) is 12.0 Å². The van der Waals surface area contributed by atoms with Crippen LogP contribution in [0.2, 0.25) is 18.1 Å². The Labute approximate surface area is 215 Å². The first-order chi connectivity index (χ1) is 16.7. The molecule has 1 heterocycles. The lowest BCUT2D eigenvalue weighted by Gasteiger charge is -2.46. The Kier molecular flexibility index (Phi) is 10.4. The van der Waals surface area contributed by atoms with E-state index >= 15 is 0 Å². The van der Waals surface area contributed by atoms with E-state index in [9.17, 15) is 10.3 Å². The van der Waals surface area contributed by atoms with Gasteiger partial charge in [-0.25, -0.2) is 4.79 Å². The van der Waals surface area contributed by atoms with Crippen LogP contribution in [0.1, 0.15) is 47.1 Å². The van der Waals surface area contributed by atoms with Crippen LogP contribution in [0.25, 0.3) is 10.4 Å². The minimum absolute atomic E-state index is 0.0136. The van der Waals surface area contributed by atoms with Gasteiger partial charge in [-0.05, 0) is 50.0 Å². The number of amides is 1. The van der Waals surface area contributed by atoms with Crippen LogP contribution in [-0.2, 0) is 30.0 Å². The van der Waals surface area contributed by atoms with Crippen molar-refractivity contribution in [2.24, 2.45) is 5.11 Å². The van der Waals surface area contributed by atoms with E-state index in [1.165, 1.54) is 7.11 Å². The number of hydrogen-bond acceptors (Lipinski definition) is 7. The van der Waals surface area contributed by atoms with E-state index in [1.807, 2.05) is 30.3 Å². The number of nitrogens with zero attached hydrogens (tertiary/aromatic N) is 3. The third kappa shape index (κ3) is 8.47. The lowest BCUT2D eigenvalue weighted by atomic mass is 9.94. The Morgan fingerprint density at radius 2 is 1.81 bits per heavy atom. The summed E-state index contributed by atoms with van der Waals surface area (Å²) in [4.78, 5) is 15.8. The van der Waals surface area contributed by atoms with E-state index in [0.29, 0.717) is 0 Å². The van der Waals surface area contributed by atoms with Crippen molar-refractivity contribution in [3.63, 3.8) is 0 Å². The van der Waals surface area contributed by atoms with Crippen molar-refractivity contribution in [3.05, 3.63) is 46.3 Å². The number of carbonyl (C=O) groups excluding carboxylic acids is 1. The Morgan fingerprint density at radius 3 is 2.33 bits per heavy atom. The number of hydrogen-bond donors (Lipinski definition) is 1. The van der Waals surface area contributed by atoms with E-state index in [4.69, 9.17) is 23.4 Å². The van der Waals surface area contributed by atoms with E-state index in [2.05, 4.69) is 49.2 Å². The third-order valence-electron chi connectivity index (χ3n) is 6.47. The predicted molar refractivity (Wildman–Crippen MR) is 140 cm³/mol. The summed E-state index contributed by atoms with van der Waals surface area (Å²) in [5.74, 6) is 0. The van der Waals surface area contributed by atoms with Crippen molar-refractivity contribution in [1.82, 2.24) is 5.32 Å². The molecule has 11 heteroatoms. The maximum atomic E-state index is 12.7. The standard InChI is InChI=1S/C25H42N4O6Si/c1-24(2,3)35-23(30)27-20-21(32-15-17-13-11-10-12-14-17)19(28-29-26)18(34-22(20)31-7)16-33-36(8,9)25(4,5)6/h10-14,18-22H,15-16H2,1-9H3,(H,27,30)/t18-,19-,20-,21+,22+/m1/s1. The molecule has 2 rings (SSSR count). The number of carbonyl (C=O) groups is 1. The average Bonchev–Trinajstić information content (AvgIpc) is 2.76. The highest BCUT2D eigenvalue weighted by molar-refractivity contribution is 6.74. The van der Waals surface area contributed by atoms with Gasteiger partial charge in [0.2, 0.25) is 0 Å². The summed E-state index contributed by atoms with van der Waals surface area (Å²) in [6.07, 6.45) is -2.93. The zero-order chi connectivity index (χ0) is 27.1. The maximum absolute atomic E-state index is 12.7. The van der Waals surface area contributed by atoms with Crippen LogP contribution >= 0.6 is 0 Å². The fraction of sp³-hybridized carbons (Fsp3) is 0.720. The van der Waals surface area contributed by atoms with Gasteiger partial charge in [0.1, 0.15) is 11.6 Å². The zero-order valence-corrected chi connectivity index (χ0v) is 24.0. The molecule has 0 radical (unpaired) electrons. The number of alkyl carbamates (subject to hydrolysis) is 1. The van der Waals surface area contributed by atoms with Gasteiger partial charge in [-0.3, -0.25) is 0 Å². The number of nitrogens with one attached hydrogen (secondary N) is 1. The topological polar surface area (TPSA) is 124 Å². The summed E-state index contributed by atoms with van der Waals surface area (Å²) in [6.45, 7) is 16.5. The molecule has 0 bridgehead atoms.